The molecule has 3 heteroatoms. The Morgan fingerprint density at radius 3 is 2.91 bits per heavy atom. The molecule has 1 aliphatic heterocycles. The van der Waals surface area contributed by atoms with E-state index in [2.05, 4.69) is 0 Å². The Labute approximate surface area is 66.9 Å². The number of hydrogen-bond donors (Lipinski definition) is 1. The van der Waals surface area contributed by atoms with Crippen LogP contribution < -0.4 is 5.73 Å². The van der Waals surface area contributed by atoms with Gasteiger partial charge in [0.15, 0.2) is 0 Å². The summed E-state index contributed by atoms with van der Waals surface area (Å²) in [6.45, 7) is 1.14. The number of halogens is 1. The standard InChI is InChI=1S/C8H16FNO/c9-7(4-5-10)8-3-1-2-6-11-8/h7-8H,1-6,10H2. The van der Waals surface area contributed by atoms with Crippen molar-refractivity contribution in [2.45, 2.75) is 38.0 Å². The molecule has 11 heavy (non-hydrogen) atoms. The molecule has 0 bridgehead atoms. The van der Waals surface area contributed by atoms with Crippen LogP contribution in [0.1, 0.15) is 25.7 Å². The molecule has 2 nitrogen and oxygen atoms in total. The van der Waals surface area contributed by atoms with E-state index in [0.717, 1.165) is 25.9 Å². The van der Waals surface area contributed by atoms with Crippen LogP contribution in [-0.2, 0) is 4.74 Å². The van der Waals surface area contributed by atoms with E-state index in [9.17, 15) is 4.39 Å². The van der Waals surface area contributed by atoms with Gasteiger partial charge in [-0.15, -0.1) is 0 Å². The molecule has 1 saturated heterocycles. The first-order valence-corrected chi connectivity index (χ1v) is 4.30. The zero-order valence-corrected chi connectivity index (χ0v) is 6.76. The number of alkyl halides is 1. The summed E-state index contributed by atoms with van der Waals surface area (Å²) in [4.78, 5) is 0. The smallest absolute Gasteiger partial charge is 0.127 e. The average Bonchev–Trinajstić information content (AvgIpc) is 2.07. The van der Waals surface area contributed by atoms with Crippen LogP contribution in [0.25, 0.3) is 0 Å². The molecule has 0 aromatic heterocycles. The molecule has 2 N–H and O–H groups in total. The Morgan fingerprint density at radius 1 is 1.55 bits per heavy atom. The van der Waals surface area contributed by atoms with Gasteiger partial charge in [-0.1, -0.05) is 0 Å². The summed E-state index contributed by atoms with van der Waals surface area (Å²) in [5.41, 5.74) is 5.24. The summed E-state index contributed by atoms with van der Waals surface area (Å²) in [7, 11) is 0. The minimum absolute atomic E-state index is 0.174. The number of rotatable bonds is 3. The van der Waals surface area contributed by atoms with Gasteiger partial charge in [-0.3, -0.25) is 0 Å². The fraction of sp³-hybridized carbons (Fsp3) is 1.00. The van der Waals surface area contributed by atoms with Crippen molar-refractivity contribution in [3.8, 4) is 0 Å². The minimum atomic E-state index is -0.847. The second-order valence-corrected chi connectivity index (χ2v) is 3.00. The monoisotopic (exact) mass is 161 g/mol. The van der Waals surface area contributed by atoms with Crippen LogP contribution in [0.15, 0.2) is 0 Å². The van der Waals surface area contributed by atoms with E-state index in [-0.39, 0.29) is 6.10 Å². The molecule has 66 valence electrons. The summed E-state index contributed by atoms with van der Waals surface area (Å²) >= 11 is 0. The van der Waals surface area contributed by atoms with Gasteiger partial charge >= 0.3 is 0 Å². The highest BCUT2D eigenvalue weighted by molar-refractivity contribution is 4.72. The SMILES string of the molecule is NCCC(F)C1CCCCO1. The Balaban J connectivity index is 2.21. The molecule has 0 aliphatic carbocycles. The predicted octanol–water partition coefficient (Wildman–Crippen LogP) is 1.24. The second-order valence-electron chi connectivity index (χ2n) is 3.00. The maximum Gasteiger partial charge on any atom is 0.127 e. The van der Waals surface area contributed by atoms with E-state index in [1.54, 1.807) is 0 Å². The normalized spacial score (nSPS) is 28.4. The van der Waals surface area contributed by atoms with Gasteiger partial charge in [0, 0.05) is 6.61 Å². The van der Waals surface area contributed by atoms with E-state index >= 15 is 0 Å². The third-order valence-electron chi connectivity index (χ3n) is 2.06. The van der Waals surface area contributed by atoms with Crippen molar-refractivity contribution in [3.63, 3.8) is 0 Å². The number of nitrogens with two attached hydrogens (primary N) is 1. The Morgan fingerprint density at radius 2 is 2.36 bits per heavy atom. The van der Waals surface area contributed by atoms with E-state index in [0.29, 0.717) is 13.0 Å². The lowest BCUT2D eigenvalue weighted by atomic mass is 10.0. The molecule has 1 heterocycles. The first-order chi connectivity index (χ1) is 5.34. The third kappa shape index (κ3) is 2.75. The van der Waals surface area contributed by atoms with Crippen molar-refractivity contribution >= 4 is 0 Å². The van der Waals surface area contributed by atoms with Crippen molar-refractivity contribution in [1.82, 2.24) is 0 Å². The van der Waals surface area contributed by atoms with E-state index in [4.69, 9.17) is 10.5 Å². The van der Waals surface area contributed by atoms with Crippen LogP contribution in [0.5, 0.6) is 0 Å². The molecule has 0 aromatic rings. The highest BCUT2D eigenvalue weighted by Gasteiger charge is 2.22. The van der Waals surface area contributed by atoms with Crippen LogP contribution in [0.2, 0.25) is 0 Å². The van der Waals surface area contributed by atoms with Gasteiger partial charge in [0.1, 0.15) is 6.17 Å². The number of ether oxygens (including phenoxy) is 1. The maximum atomic E-state index is 13.1. The van der Waals surface area contributed by atoms with Crippen LogP contribution in [0, 0.1) is 0 Å². The quantitative estimate of drug-likeness (QED) is 0.676. The zero-order chi connectivity index (χ0) is 8.10. The van der Waals surface area contributed by atoms with Gasteiger partial charge in [-0.05, 0) is 32.2 Å². The zero-order valence-electron chi connectivity index (χ0n) is 6.76. The highest BCUT2D eigenvalue weighted by atomic mass is 19.1. The van der Waals surface area contributed by atoms with Crippen molar-refractivity contribution in [1.29, 1.82) is 0 Å². The van der Waals surface area contributed by atoms with Gasteiger partial charge in [0.2, 0.25) is 0 Å². The lowest BCUT2D eigenvalue weighted by Gasteiger charge is -2.25. The van der Waals surface area contributed by atoms with Crippen molar-refractivity contribution in [3.05, 3.63) is 0 Å². The fourth-order valence-corrected chi connectivity index (χ4v) is 1.40. The highest BCUT2D eigenvalue weighted by Crippen LogP contribution is 2.19. The molecule has 1 rings (SSSR count). The van der Waals surface area contributed by atoms with Gasteiger partial charge in [-0.2, -0.15) is 0 Å². The van der Waals surface area contributed by atoms with Gasteiger partial charge in [0.25, 0.3) is 0 Å². The lowest BCUT2D eigenvalue weighted by Crippen LogP contribution is -2.30. The molecule has 2 unspecified atom stereocenters. The van der Waals surface area contributed by atoms with Crippen LogP contribution in [0.4, 0.5) is 4.39 Å². The second kappa shape index (κ2) is 4.67. The topological polar surface area (TPSA) is 35.2 Å². The minimum Gasteiger partial charge on any atom is -0.375 e. The number of hydrogen-bond acceptors (Lipinski definition) is 2. The molecule has 1 aliphatic rings. The van der Waals surface area contributed by atoms with Crippen molar-refractivity contribution in [2.24, 2.45) is 5.73 Å². The van der Waals surface area contributed by atoms with Crippen LogP contribution in [-0.4, -0.2) is 25.4 Å². The van der Waals surface area contributed by atoms with E-state index in [1.165, 1.54) is 0 Å². The fourth-order valence-electron chi connectivity index (χ4n) is 1.40. The molecular formula is C8H16FNO. The Bertz CT molecular complexity index is 104. The van der Waals surface area contributed by atoms with Gasteiger partial charge < -0.3 is 10.5 Å². The van der Waals surface area contributed by atoms with Gasteiger partial charge in [-0.25, -0.2) is 4.39 Å². The first-order valence-electron chi connectivity index (χ1n) is 4.30. The molecule has 0 radical (unpaired) electrons. The average molecular weight is 161 g/mol. The van der Waals surface area contributed by atoms with Crippen molar-refractivity contribution in [2.75, 3.05) is 13.2 Å². The molecule has 0 aromatic carbocycles. The Kier molecular flexibility index (Phi) is 3.80. The molecule has 0 saturated carbocycles. The summed E-state index contributed by atoms with van der Waals surface area (Å²) < 4.78 is 18.3. The van der Waals surface area contributed by atoms with Crippen molar-refractivity contribution < 1.29 is 9.13 Å². The summed E-state index contributed by atoms with van der Waals surface area (Å²) in [6, 6.07) is 0. The van der Waals surface area contributed by atoms with Crippen LogP contribution in [0.3, 0.4) is 0 Å². The Hall–Kier alpha value is -0.150. The molecule has 0 spiro atoms. The summed E-state index contributed by atoms with van der Waals surface area (Å²) in [6.07, 6.45) is 2.44. The van der Waals surface area contributed by atoms with Crippen LogP contribution >= 0.6 is 0 Å². The molecule has 2 atom stereocenters. The largest absolute Gasteiger partial charge is 0.375 e. The summed E-state index contributed by atoms with van der Waals surface area (Å²) in [5, 5.41) is 0. The predicted molar refractivity (Wildman–Crippen MR) is 42.2 cm³/mol. The summed E-state index contributed by atoms with van der Waals surface area (Å²) in [5.74, 6) is 0. The van der Waals surface area contributed by atoms with E-state index < -0.39 is 6.17 Å². The third-order valence-corrected chi connectivity index (χ3v) is 2.06. The lowest BCUT2D eigenvalue weighted by molar-refractivity contribution is -0.0335. The maximum absolute atomic E-state index is 13.1. The van der Waals surface area contributed by atoms with E-state index in [1.807, 2.05) is 0 Å². The molecule has 0 amide bonds. The van der Waals surface area contributed by atoms with Gasteiger partial charge in [0.05, 0.1) is 6.10 Å². The molecular weight excluding hydrogens is 145 g/mol. The molecule has 1 fully saturated rings. The first kappa shape index (κ1) is 8.94.